The number of aryl methyl sites for hydroxylation is 2. The fourth-order valence-electron chi connectivity index (χ4n) is 1.96. The lowest BCUT2D eigenvalue weighted by Gasteiger charge is -2.07. The number of nitriles is 1. The minimum atomic E-state index is 0.648. The van der Waals surface area contributed by atoms with Gasteiger partial charge in [-0.25, -0.2) is 0 Å². The van der Waals surface area contributed by atoms with Crippen LogP contribution in [0.3, 0.4) is 0 Å². The van der Waals surface area contributed by atoms with E-state index in [-0.39, 0.29) is 0 Å². The van der Waals surface area contributed by atoms with Gasteiger partial charge in [-0.2, -0.15) is 5.26 Å². The van der Waals surface area contributed by atoms with Crippen LogP contribution in [0, 0.1) is 18.3 Å². The summed E-state index contributed by atoms with van der Waals surface area (Å²) in [5.41, 5.74) is 4.79. The van der Waals surface area contributed by atoms with Crippen molar-refractivity contribution in [3.05, 3.63) is 58.7 Å². The first kappa shape index (κ1) is 12.3. The second-order valence-electron chi connectivity index (χ2n) is 4.23. The molecule has 90 valence electrons. The summed E-state index contributed by atoms with van der Waals surface area (Å²) >= 11 is 0. The van der Waals surface area contributed by atoms with Crippen molar-refractivity contribution < 1.29 is 0 Å². The molecule has 0 unspecified atom stereocenters. The molecule has 0 aliphatic carbocycles. The van der Waals surface area contributed by atoms with Crippen LogP contribution >= 0.6 is 0 Å². The summed E-state index contributed by atoms with van der Waals surface area (Å²) in [5, 5.41) is 9.01. The molecule has 2 heterocycles. The zero-order valence-corrected chi connectivity index (χ0v) is 10.6. The molecule has 0 aliphatic heterocycles. The fourth-order valence-corrected chi connectivity index (χ4v) is 1.96. The third kappa shape index (κ3) is 2.54. The van der Waals surface area contributed by atoms with Gasteiger partial charge in [0.15, 0.2) is 0 Å². The number of aromatic nitrogens is 2. The van der Waals surface area contributed by atoms with Gasteiger partial charge in [0.1, 0.15) is 6.07 Å². The van der Waals surface area contributed by atoms with Crippen molar-refractivity contribution >= 4 is 0 Å². The third-order valence-corrected chi connectivity index (χ3v) is 2.98. The second-order valence-corrected chi connectivity index (χ2v) is 4.23. The predicted octanol–water partition coefficient (Wildman–Crippen LogP) is 2.81. The number of nitrogens with zero attached hydrogens (tertiary/aromatic N) is 3. The Bertz CT molecular complexity index is 597. The van der Waals surface area contributed by atoms with E-state index >= 15 is 0 Å². The molecule has 18 heavy (non-hydrogen) atoms. The summed E-state index contributed by atoms with van der Waals surface area (Å²) in [4.78, 5) is 8.63. The molecule has 3 heteroatoms. The van der Waals surface area contributed by atoms with Crippen molar-refractivity contribution in [1.82, 2.24) is 9.97 Å². The van der Waals surface area contributed by atoms with Crippen LogP contribution < -0.4 is 0 Å². The van der Waals surface area contributed by atoms with Crippen LogP contribution in [0.4, 0.5) is 0 Å². The standard InChI is InChI=1S/C15H15N3/c1-3-15-13(5-4-6-17-15)7-12-8-14(9-16)11(2)18-10-12/h4-6,8,10H,3,7H2,1-2H3. The largest absolute Gasteiger partial charge is 0.261 e. The molecular formula is C15H15N3. The molecule has 2 aromatic rings. The highest BCUT2D eigenvalue weighted by Crippen LogP contribution is 2.14. The maximum atomic E-state index is 9.01. The third-order valence-electron chi connectivity index (χ3n) is 2.98. The van der Waals surface area contributed by atoms with Crippen LogP contribution in [0.2, 0.25) is 0 Å². The van der Waals surface area contributed by atoms with Crippen LogP contribution in [-0.2, 0) is 12.8 Å². The van der Waals surface area contributed by atoms with Crippen molar-refractivity contribution in [3.8, 4) is 6.07 Å². The molecule has 0 aromatic carbocycles. The highest BCUT2D eigenvalue weighted by Gasteiger charge is 2.05. The van der Waals surface area contributed by atoms with Crippen LogP contribution in [-0.4, -0.2) is 9.97 Å². The minimum Gasteiger partial charge on any atom is -0.261 e. The molecule has 0 radical (unpaired) electrons. The van der Waals surface area contributed by atoms with Crippen molar-refractivity contribution in [3.63, 3.8) is 0 Å². The van der Waals surface area contributed by atoms with Crippen molar-refractivity contribution in [2.24, 2.45) is 0 Å². The van der Waals surface area contributed by atoms with Gasteiger partial charge in [-0.15, -0.1) is 0 Å². The summed E-state index contributed by atoms with van der Waals surface area (Å²) in [6, 6.07) is 8.11. The van der Waals surface area contributed by atoms with E-state index in [1.54, 1.807) is 0 Å². The highest BCUT2D eigenvalue weighted by molar-refractivity contribution is 5.37. The maximum absolute atomic E-state index is 9.01. The van der Waals surface area contributed by atoms with Gasteiger partial charge in [0.25, 0.3) is 0 Å². The summed E-state index contributed by atoms with van der Waals surface area (Å²) < 4.78 is 0. The Hall–Kier alpha value is -2.21. The zero-order chi connectivity index (χ0) is 13.0. The molecular weight excluding hydrogens is 222 g/mol. The minimum absolute atomic E-state index is 0.648. The second kappa shape index (κ2) is 5.42. The molecule has 0 spiro atoms. The molecule has 0 amide bonds. The summed E-state index contributed by atoms with van der Waals surface area (Å²) in [7, 11) is 0. The van der Waals surface area contributed by atoms with Crippen molar-refractivity contribution in [2.75, 3.05) is 0 Å². The number of pyridine rings is 2. The molecule has 0 saturated heterocycles. The average Bonchev–Trinajstić information content (AvgIpc) is 2.41. The monoisotopic (exact) mass is 237 g/mol. The van der Waals surface area contributed by atoms with Gasteiger partial charge in [-0.3, -0.25) is 9.97 Å². The molecule has 0 saturated carbocycles. The van der Waals surface area contributed by atoms with Crippen LogP contribution in [0.1, 0.15) is 35.0 Å². The first-order valence-electron chi connectivity index (χ1n) is 6.03. The van der Waals surface area contributed by atoms with Crippen molar-refractivity contribution in [2.45, 2.75) is 26.7 Å². The molecule has 3 nitrogen and oxygen atoms in total. The van der Waals surface area contributed by atoms with E-state index in [0.29, 0.717) is 5.56 Å². The Morgan fingerprint density at radius 2 is 2.17 bits per heavy atom. The maximum Gasteiger partial charge on any atom is 0.101 e. The summed E-state index contributed by atoms with van der Waals surface area (Å²) in [5.74, 6) is 0. The van der Waals surface area contributed by atoms with E-state index in [4.69, 9.17) is 5.26 Å². The molecule has 0 aliphatic rings. The number of hydrogen-bond acceptors (Lipinski definition) is 3. The lowest BCUT2D eigenvalue weighted by molar-refractivity contribution is 0.972. The number of hydrogen-bond donors (Lipinski definition) is 0. The van der Waals surface area contributed by atoms with E-state index in [0.717, 1.165) is 29.8 Å². The van der Waals surface area contributed by atoms with Gasteiger partial charge in [0.05, 0.1) is 11.3 Å². The molecule has 0 N–H and O–H groups in total. The highest BCUT2D eigenvalue weighted by atomic mass is 14.7. The SMILES string of the molecule is CCc1ncccc1Cc1cnc(C)c(C#N)c1. The number of rotatable bonds is 3. The first-order chi connectivity index (χ1) is 8.74. The summed E-state index contributed by atoms with van der Waals surface area (Å²) in [6.07, 6.45) is 5.35. The van der Waals surface area contributed by atoms with Gasteiger partial charge < -0.3 is 0 Å². The van der Waals surface area contributed by atoms with Crippen LogP contribution in [0.15, 0.2) is 30.6 Å². The average molecular weight is 237 g/mol. The fraction of sp³-hybridized carbons (Fsp3) is 0.267. The molecule has 0 atom stereocenters. The Morgan fingerprint density at radius 1 is 1.33 bits per heavy atom. The van der Waals surface area contributed by atoms with E-state index in [1.807, 2.05) is 31.5 Å². The molecule has 2 rings (SSSR count). The zero-order valence-electron chi connectivity index (χ0n) is 10.6. The van der Waals surface area contributed by atoms with Crippen molar-refractivity contribution in [1.29, 1.82) is 5.26 Å². The quantitative estimate of drug-likeness (QED) is 0.824. The molecule has 0 bridgehead atoms. The van der Waals surface area contributed by atoms with Crippen LogP contribution in [0.5, 0.6) is 0 Å². The van der Waals surface area contributed by atoms with E-state index in [1.165, 1.54) is 5.56 Å². The Kier molecular flexibility index (Phi) is 3.69. The topological polar surface area (TPSA) is 49.6 Å². The lowest BCUT2D eigenvalue weighted by atomic mass is 10.0. The molecule has 0 fully saturated rings. The molecule has 2 aromatic heterocycles. The summed E-state index contributed by atoms with van der Waals surface area (Å²) in [6.45, 7) is 3.95. The van der Waals surface area contributed by atoms with E-state index in [2.05, 4.69) is 29.0 Å². The van der Waals surface area contributed by atoms with E-state index in [9.17, 15) is 0 Å². The van der Waals surface area contributed by atoms with Crippen LogP contribution in [0.25, 0.3) is 0 Å². The Labute approximate surface area is 107 Å². The normalized spacial score (nSPS) is 10.1. The lowest BCUT2D eigenvalue weighted by Crippen LogP contribution is -1.99. The smallest absolute Gasteiger partial charge is 0.101 e. The van der Waals surface area contributed by atoms with Gasteiger partial charge in [-0.05, 0) is 36.6 Å². The van der Waals surface area contributed by atoms with E-state index < -0.39 is 0 Å². The van der Waals surface area contributed by atoms with Gasteiger partial charge in [-0.1, -0.05) is 13.0 Å². The predicted molar refractivity (Wildman–Crippen MR) is 70.1 cm³/mol. The Morgan fingerprint density at radius 3 is 2.89 bits per heavy atom. The Balaban J connectivity index is 2.32. The van der Waals surface area contributed by atoms with Gasteiger partial charge in [0, 0.05) is 24.5 Å². The van der Waals surface area contributed by atoms with Gasteiger partial charge >= 0.3 is 0 Å². The van der Waals surface area contributed by atoms with Gasteiger partial charge in [0.2, 0.25) is 0 Å². The first-order valence-corrected chi connectivity index (χ1v) is 6.03.